The molecule has 4 heteroatoms. The second-order valence-corrected chi connectivity index (χ2v) is 6.84. The van der Waals surface area contributed by atoms with Gasteiger partial charge in [0.2, 0.25) is 0 Å². The normalized spacial score (nSPS) is 11.2. The van der Waals surface area contributed by atoms with E-state index in [1.807, 2.05) is 30.5 Å². The molecule has 0 spiro atoms. The van der Waals surface area contributed by atoms with Gasteiger partial charge in [0.15, 0.2) is 0 Å². The zero-order valence-corrected chi connectivity index (χ0v) is 13.8. The van der Waals surface area contributed by atoms with E-state index in [-0.39, 0.29) is 0 Å². The number of thioether (sulfide) groups is 1. The predicted molar refractivity (Wildman–Crippen MR) is 90.6 cm³/mol. The van der Waals surface area contributed by atoms with Gasteiger partial charge in [0, 0.05) is 30.4 Å². The maximum absolute atomic E-state index is 4.05. The molecule has 114 valence electrons. The van der Waals surface area contributed by atoms with Gasteiger partial charge >= 0.3 is 0 Å². The molecule has 2 rings (SSSR count). The smallest absolute Gasteiger partial charge is 0.0945 e. The van der Waals surface area contributed by atoms with E-state index in [1.54, 1.807) is 0 Å². The largest absolute Gasteiger partial charge is 0.337 e. The van der Waals surface area contributed by atoms with Crippen LogP contribution in [0, 0.1) is 5.92 Å². The fourth-order valence-corrected chi connectivity index (χ4v) is 2.90. The second kappa shape index (κ2) is 8.90. The summed E-state index contributed by atoms with van der Waals surface area (Å²) in [6.45, 7) is 7.55. The van der Waals surface area contributed by atoms with Gasteiger partial charge in [-0.25, -0.2) is 4.98 Å². The molecule has 0 unspecified atom stereocenters. The number of benzene rings is 1. The van der Waals surface area contributed by atoms with Crippen molar-refractivity contribution >= 4 is 11.8 Å². The molecule has 21 heavy (non-hydrogen) atoms. The first-order valence-corrected chi connectivity index (χ1v) is 8.61. The van der Waals surface area contributed by atoms with Crippen LogP contribution in [0.3, 0.4) is 0 Å². The Morgan fingerprint density at radius 3 is 2.71 bits per heavy atom. The number of rotatable bonds is 9. The van der Waals surface area contributed by atoms with Gasteiger partial charge in [-0.05, 0) is 42.3 Å². The highest BCUT2D eigenvalue weighted by Crippen LogP contribution is 2.19. The van der Waals surface area contributed by atoms with Gasteiger partial charge < -0.3 is 9.88 Å². The van der Waals surface area contributed by atoms with Gasteiger partial charge in [0.1, 0.15) is 0 Å². The van der Waals surface area contributed by atoms with E-state index in [1.165, 1.54) is 16.9 Å². The van der Waals surface area contributed by atoms with Crippen molar-refractivity contribution in [2.75, 3.05) is 12.3 Å². The van der Waals surface area contributed by atoms with E-state index in [0.29, 0.717) is 5.92 Å². The SMILES string of the molecule is CC(C)CNCc1ccc(SCCCn2ccnc2)cc1. The van der Waals surface area contributed by atoms with E-state index in [4.69, 9.17) is 0 Å². The molecule has 0 bridgehead atoms. The van der Waals surface area contributed by atoms with E-state index < -0.39 is 0 Å². The molecule has 0 saturated heterocycles. The summed E-state index contributed by atoms with van der Waals surface area (Å²) in [6, 6.07) is 8.92. The average molecular weight is 303 g/mol. The van der Waals surface area contributed by atoms with Crippen LogP contribution >= 0.6 is 11.8 Å². The number of nitrogens with zero attached hydrogens (tertiary/aromatic N) is 2. The molecule has 0 radical (unpaired) electrons. The standard InChI is InChI=1S/C17H25N3S/c1-15(2)12-19-13-16-4-6-17(7-5-16)21-11-3-9-20-10-8-18-14-20/h4-8,10,14-15,19H,3,9,11-13H2,1-2H3. The van der Waals surface area contributed by atoms with Crippen LogP contribution in [0.5, 0.6) is 0 Å². The van der Waals surface area contributed by atoms with Crippen LogP contribution in [0.4, 0.5) is 0 Å². The van der Waals surface area contributed by atoms with E-state index >= 15 is 0 Å². The number of imidazole rings is 1. The molecular formula is C17H25N3S. The van der Waals surface area contributed by atoms with Crippen molar-refractivity contribution < 1.29 is 0 Å². The Balaban J connectivity index is 1.65. The summed E-state index contributed by atoms with van der Waals surface area (Å²) in [7, 11) is 0. The minimum Gasteiger partial charge on any atom is -0.337 e. The predicted octanol–water partition coefficient (Wildman–Crippen LogP) is 3.81. The summed E-state index contributed by atoms with van der Waals surface area (Å²) in [5, 5.41) is 3.47. The Kier molecular flexibility index (Phi) is 6.83. The summed E-state index contributed by atoms with van der Waals surface area (Å²) in [5.41, 5.74) is 1.36. The zero-order valence-electron chi connectivity index (χ0n) is 13.0. The Bertz CT molecular complexity index is 491. The topological polar surface area (TPSA) is 29.9 Å². The minimum atomic E-state index is 0.704. The van der Waals surface area contributed by atoms with Crippen molar-refractivity contribution in [1.29, 1.82) is 0 Å². The molecule has 0 aliphatic carbocycles. The highest BCUT2D eigenvalue weighted by molar-refractivity contribution is 7.99. The molecule has 0 aliphatic rings. The van der Waals surface area contributed by atoms with Crippen molar-refractivity contribution in [3.63, 3.8) is 0 Å². The lowest BCUT2D eigenvalue weighted by molar-refractivity contribution is 0.552. The van der Waals surface area contributed by atoms with Crippen molar-refractivity contribution in [2.24, 2.45) is 5.92 Å². The lowest BCUT2D eigenvalue weighted by Gasteiger charge is -2.08. The molecule has 0 fully saturated rings. The Hall–Kier alpha value is -1.26. The maximum atomic E-state index is 4.05. The highest BCUT2D eigenvalue weighted by atomic mass is 32.2. The molecule has 1 N–H and O–H groups in total. The summed E-state index contributed by atoms with van der Waals surface area (Å²) in [4.78, 5) is 5.41. The second-order valence-electron chi connectivity index (χ2n) is 5.67. The van der Waals surface area contributed by atoms with E-state index in [2.05, 4.69) is 53.0 Å². The molecule has 3 nitrogen and oxygen atoms in total. The number of nitrogens with one attached hydrogen (secondary N) is 1. The van der Waals surface area contributed by atoms with Crippen LogP contribution in [0.2, 0.25) is 0 Å². The van der Waals surface area contributed by atoms with Gasteiger partial charge in [-0.1, -0.05) is 26.0 Å². The van der Waals surface area contributed by atoms with Crippen LogP contribution in [0.15, 0.2) is 47.9 Å². The van der Waals surface area contributed by atoms with Crippen molar-refractivity contribution in [2.45, 2.75) is 38.3 Å². The van der Waals surface area contributed by atoms with Crippen LogP contribution in [0.25, 0.3) is 0 Å². The molecule has 0 atom stereocenters. The molecule has 1 aromatic carbocycles. The number of hydrogen-bond donors (Lipinski definition) is 1. The minimum absolute atomic E-state index is 0.704. The summed E-state index contributed by atoms with van der Waals surface area (Å²) in [5.74, 6) is 1.85. The molecule has 0 saturated carbocycles. The Morgan fingerprint density at radius 2 is 2.05 bits per heavy atom. The number of aromatic nitrogens is 2. The lowest BCUT2D eigenvalue weighted by Crippen LogP contribution is -2.18. The van der Waals surface area contributed by atoms with Crippen LogP contribution < -0.4 is 5.32 Å². The van der Waals surface area contributed by atoms with Crippen LogP contribution in [-0.2, 0) is 13.1 Å². The molecular weight excluding hydrogens is 278 g/mol. The van der Waals surface area contributed by atoms with Gasteiger partial charge in [-0.15, -0.1) is 11.8 Å². The third-order valence-electron chi connectivity index (χ3n) is 3.19. The first-order valence-electron chi connectivity index (χ1n) is 7.62. The molecule has 2 aromatic rings. The first kappa shape index (κ1) is 16.1. The molecule has 1 aromatic heterocycles. The fourth-order valence-electron chi connectivity index (χ4n) is 2.06. The summed E-state index contributed by atoms with van der Waals surface area (Å²) >= 11 is 1.93. The van der Waals surface area contributed by atoms with Gasteiger partial charge in [0.25, 0.3) is 0 Å². The quantitative estimate of drug-likeness (QED) is 0.564. The maximum Gasteiger partial charge on any atom is 0.0945 e. The van der Waals surface area contributed by atoms with Crippen molar-refractivity contribution in [1.82, 2.24) is 14.9 Å². The van der Waals surface area contributed by atoms with Gasteiger partial charge in [0.05, 0.1) is 6.33 Å². The number of hydrogen-bond acceptors (Lipinski definition) is 3. The van der Waals surface area contributed by atoms with Crippen LogP contribution in [-0.4, -0.2) is 21.8 Å². The average Bonchev–Trinajstić information content (AvgIpc) is 2.98. The van der Waals surface area contributed by atoms with E-state index in [0.717, 1.165) is 25.4 Å². The first-order chi connectivity index (χ1) is 10.2. The molecule has 1 heterocycles. The zero-order chi connectivity index (χ0) is 14.9. The Morgan fingerprint density at radius 1 is 1.24 bits per heavy atom. The number of aryl methyl sites for hydroxylation is 1. The molecule has 0 aliphatic heterocycles. The van der Waals surface area contributed by atoms with Gasteiger partial charge in [-0.3, -0.25) is 0 Å². The molecule has 0 amide bonds. The summed E-state index contributed by atoms with van der Waals surface area (Å²) < 4.78 is 2.13. The van der Waals surface area contributed by atoms with Crippen molar-refractivity contribution in [3.05, 3.63) is 48.5 Å². The third kappa shape index (κ3) is 6.36. The summed E-state index contributed by atoms with van der Waals surface area (Å²) in [6.07, 6.45) is 6.89. The monoisotopic (exact) mass is 303 g/mol. The lowest BCUT2D eigenvalue weighted by atomic mass is 10.2. The Labute approximate surface area is 132 Å². The van der Waals surface area contributed by atoms with Crippen molar-refractivity contribution in [3.8, 4) is 0 Å². The fraction of sp³-hybridized carbons (Fsp3) is 0.471. The van der Waals surface area contributed by atoms with Crippen LogP contribution in [0.1, 0.15) is 25.8 Å². The van der Waals surface area contributed by atoms with E-state index in [9.17, 15) is 0 Å². The highest BCUT2D eigenvalue weighted by Gasteiger charge is 1.98. The van der Waals surface area contributed by atoms with Gasteiger partial charge in [-0.2, -0.15) is 0 Å². The third-order valence-corrected chi connectivity index (χ3v) is 4.29.